The van der Waals surface area contributed by atoms with Gasteiger partial charge < -0.3 is 5.73 Å². The van der Waals surface area contributed by atoms with Crippen molar-refractivity contribution in [2.45, 2.75) is 18.2 Å². The summed E-state index contributed by atoms with van der Waals surface area (Å²) in [5.41, 5.74) is 7.16. The molecule has 12 heavy (non-hydrogen) atoms. The number of anilines is 1. The highest BCUT2D eigenvalue weighted by Gasteiger charge is 1.99. The summed E-state index contributed by atoms with van der Waals surface area (Å²) in [6.45, 7) is 1.56. The summed E-state index contributed by atoms with van der Waals surface area (Å²) in [7, 11) is 0. The molecule has 0 aromatic heterocycles. The second-order valence-corrected chi connectivity index (χ2v) is 3.25. The number of rotatable bonds is 2. The first kappa shape index (κ1) is 9.13. The summed E-state index contributed by atoms with van der Waals surface area (Å²) in [6.07, 6.45) is 0.452. The zero-order valence-electron chi connectivity index (χ0n) is 6.87. The molecule has 0 aliphatic rings. The fraction of sp³-hybridized carbons (Fsp3) is 0.222. The molecule has 64 valence electrons. The Morgan fingerprint density at radius 1 is 1.58 bits per heavy atom. The van der Waals surface area contributed by atoms with Crippen LogP contribution in [0.1, 0.15) is 12.5 Å². The molecule has 1 aromatic rings. The number of nitrogen functional groups attached to an aromatic ring is 1. The second-order valence-electron chi connectivity index (χ2n) is 2.77. The maximum atomic E-state index is 10.8. The predicted molar refractivity (Wildman–Crippen MR) is 52.5 cm³/mol. The fourth-order valence-corrected chi connectivity index (χ4v) is 1.23. The molecule has 0 fully saturated rings. The maximum absolute atomic E-state index is 10.8. The van der Waals surface area contributed by atoms with Gasteiger partial charge in [-0.25, -0.2) is 0 Å². The van der Waals surface area contributed by atoms with Crippen molar-refractivity contribution in [3.63, 3.8) is 0 Å². The van der Waals surface area contributed by atoms with Gasteiger partial charge in [0, 0.05) is 17.0 Å². The number of thiol groups is 1. The van der Waals surface area contributed by atoms with Gasteiger partial charge in [-0.2, -0.15) is 0 Å². The molecule has 0 saturated heterocycles. The SMILES string of the molecule is CC(=O)Cc1ccc(N)c(S)c1. The van der Waals surface area contributed by atoms with Crippen molar-refractivity contribution in [3.8, 4) is 0 Å². The minimum Gasteiger partial charge on any atom is -0.398 e. The number of hydrogen-bond donors (Lipinski definition) is 2. The highest BCUT2D eigenvalue weighted by atomic mass is 32.1. The number of benzene rings is 1. The van der Waals surface area contributed by atoms with Crippen LogP contribution in [0.5, 0.6) is 0 Å². The third-order valence-electron chi connectivity index (χ3n) is 1.55. The van der Waals surface area contributed by atoms with Gasteiger partial charge in [0.15, 0.2) is 0 Å². The Kier molecular flexibility index (Phi) is 2.76. The van der Waals surface area contributed by atoms with Gasteiger partial charge in [0.2, 0.25) is 0 Å². The zero-order chi connectivity index (χ0) is 9.14. The number of hydrogen-bond acceptors (Lipinski definition) is 3. The van der Waals surface area contributed by atoms with E-state index in [2.05, 4.69) is 12.6 Å². The topological polar surface area (TPSA) is 43.1 Å². The molecule has 0 amide bonds. The molecule has 0 bridgehead atoms. The van der Waals surface area contributed by atoms with Crippen molar-refractivity contribution in [1.29, 1.82) is 0 Å². The summed E-state index contributed by atoms with van der Waals surface area (Å²) < 4.78 is 0. The third-order valence-corrected chi connectivity index (χ3v) is 1.94. The average molecular weight is 181 g/mol. The minimum atomic E-state index is 0.146. The first-order valence-corrected chi connectivity index (χ1v) is 4.11. The van der Waals surface area contributed by atoms with E-state index < -0.39 is 0 Å². The summed E-state index contributed by atoms with van der Waals surface area (Å²) in [5, 5.41) is 0. The first-order chi connectivity index (χ1) is 5.59. The van der Waals surface area contributed by atoms with Gasteiger partial charge in [-0.15, -0.1) is 12.6 Å². The minimum absolute atomic E-state index is 0.146. The molecule has 0 aliphatic carbocycles. The van der Waals surface area contributed by atoms with Gasteiger partial charge >= 0.3 is 0 Å². The largest absolute Gasteiger partial charge is 0.398 e. The molecule has 3 heteroatoms. The molecule has 0 aliphatic heterocycles. The van der Waals surface area contributed by atoms with E-state index in [1.54, 1.807) is 13.0 Å². The number of carbonyl (C=O) groups excluding carboxylic acids is 1. The Morgan fingerprint density at radius 3 is 2.75 bits per heavy atom. The van der Waals surface area contributed by atoms with Crippen molar-refractivity contribution in [2.75, 3.05) is 5.73 Å². The Hall–Kier alpha value is -0.960. The molecular weight excluding hydrogens is 170 g/mol. The lowest BCUT2D eigenvalue weighted by Gasteiger charge is -2.01. The summed E-state index contributed by atoms with van der Waals surface area (Å²) in [6, 6.07) is 5.43. The number of Topliss-reactive ketones (excluding diaryl/α,β-unsaturated/α-hetero) is 1. The van der Waals surface area contributed by atoms with Crippen LogP contribution in [-0.2, 0) is 11.2 Å². The molecule has 2 N–H and O–H groups in total. The molecule has 0 spiro atoms. The van der Waals surface area contributed by atoms with Crippen LogP contribution in [0, 0.1) is 0 Å². The van der Waals surface area contributed by atoms with E-state index in [1.165, 1.54) is 0 Å². The van der Waals surface area contributed by atoms with Crippen molar-refractivity contribution in [1.82, 2.24) is 0 Å². The third kappa shape index (κ3) is 2.27. The molecule has 1 rings (SSSR count). The maximum Gasteiger partial charge on any atom is 0.134 e. The van der Waals surface area contributed by atoms with Gasteiger partial charge in [0.25, 0.3) is 0 Å². The normalized spacial score (nSPS) is 9.83. The number of carbonyl (C=O) groups is 1. The summed E-state index contributed by atoms with van der Waals surface area (Å²) in [4.78, 5) is 11.5. The molecule has 0 unspecified atom stereocenters. The Balaban J connectivity index is 2.89. The van der Waals surface area contributed by atoms with Crippen LogP contribution in [0.25, 0.3) is 0 Å². The Morgan fingerprint density at radius 2 is 2.25 bits per heavy atom. The molecule has 0 atom stereocenters. The Labute approximate surface area is 77.2 Å². The quantitative estimate of drug-likeness (QED) is 0.538. The van der Waals surface area contributed by atoms with Crippen LogP contribution in [0.15, 0.2) is 23.1 Å². The molecular formula is C9H11NOS. The molecule has 0 heterocycles. The van der Waals surface area contributed by atoms with Crippen LogP contribution in [0.2, 0.25) is 0 Å². The van der Waals surface area contributed by atoms with Crippen LogP contribution >= 0.6 is 12.6 Å². The van der Waals surface area contributed by atoms with Crippen LogP contribution < -0.4 is 5.73 Å². The van der Waals surface area contributed by atoms with E-state index in [0.717, 1.165) is 10.5 Å². The van der Waals surface area contributed by atoms with E-state index in [4.69, 9.17) is 5.73 Å². The van der Waals surface area contributed by atoms with Crippen molar-refractivity contribution in [2.24, 2.45) is 0 Å². The smallest absolute Gasteiger partial charge is 0.134 e. The van der Waals surface area contributed by atoms with Gasteiger partial charge in [0.05, 0.1) is 0 Å². The zero-order valence-corrected chi connectivity index (χ0v) is 7.77. The number of ketones is 1. The van der Waals surface area contributed by atoms with E-state index in [9.17, 15) is 4.79 Å². The number of nitrogens with two attached hydrogens (primary N) is 1. The van der Waals surface area contributed by atoms with Gasteiger partial charge in [-0.05, 0) is 24.6 Å². The Bertz CT molecular complexity index is 309. The van der Waals surface area contributed by atoms with Crippen LogP contribution in [-0.4, -0.2) is 5.78 Å². The summed E-state index contributed by atoms with van der Waals surface area (Å²) >= 11 is 4.15. The molecule has 0 saturated carbocycles. The molecule has 1 aromatic carbocycles. The van der Waals surface area contributed by atoms with E-state index >= 15 is 0 Å². The lowest BCUT2D eigenvalue weighted by Crippen LogP contribution is -1.97. The summed E-state index contributed by atoms with van der Waals surface area (Å²) in [5.74, 6) is 0.146. The van der Waals surface area contributed by atoms with E-state index in [-0.39, 0.29) is 5.78 Å². The monoisotopic (exact) mass is 181 g/mol. The van der Waals surface area contributed by atoms with Crippen molar-refractivity contribution >= 4 is 24.1 Å². The van der Waals surface area contributed by atoms with Gasteiger partial charge in [-0.3, -0.25) is 4.79 Å². The van der Waals surface area contributed by atoms with E-state index in [1.807, 2.05) is 12.1 Å². The van der Waals surface area contributed by atoms with Gasteiger partial charge in [0.1, 0.15) is 5.78 Å². The molecule has 0 radical (unpaired) electrons. The van der Waals surface area contributed by atoms with E-state index in [0.29, 0.717) is 12.1 Å². The van der Waals surface area contributed by atoms with Crippen LogP contribution in [0.3, 0.4) is 0 Å². The second kappa shape index (κ2) is 3.63. The average Bonchev–Trinajstić information content (AvgIpc) is 1.96. The predicted octanol–water partition coefficient (Wildman–Crippen LogP) is 1.69. The lowest BCUT2D eigenvalue weighted by atomic mass is 10.1. The lowest BCUT2D eigenvalue weighted by molar-refractivity contribution is -0.116. The van der Waals surface area contributed by atoms with Gasteiger partial charge in [-0.1, -0.05) is 6.07 Å². The van der Waals surface area contributed by atoms with Crippen LogP contribution in [0.4, 0.5) is 5.69 Å². The standard InChI is InChI=1S/C9H11NOS/c1-6(11)4-7-2-3-8(10)9(12)5-7/h2-3,5,12H,4,10H2,1H3. The molecule has 2 nitrogen and oxygen atoms in total. The highest BCUT2D eigenvalue weighted by Crippen LogP contribution is 2.17. The first-order valence-electron chi connectivity index (χ1n) is 3.66. The van der Waals surface area contributed by atoms with Crippen molar-refractivity contribution in [3.05, 3.63) is 23.8 Å². The highest BCUT2D eigenvalue weighted by molar-refractivity contribution is 7.80. The fourth-order valence-electron chi connectivity index (χ4n) is 0.987. The van der Waals surface area contributed by atoms with Crippen molar-refractivity contribution < 1.29 is 4.79 Å².